The number of rotatable bonds is 2. The lowest BCUT2D eigenvalue weighted by molar-refractivity contribution is 0.0760. The molecule has 3 rings (SSSR count). The van der Waals surface area contributed by atoms with Crippen LogP contribution in [0.15, 0.2) is 24.5 Å². The summed E-state index contributed by atoms with van der Waals surface area (Å²) in [7, 11) is 1.67. The highest BCUT2D eigenvalue weighted by Gasteiger charge is 2.30. The van der Waals surface area contributed by atoms with Crippen molar-refractivity contribution >= 4 is 11.6 Å². The second-order valence-electron chi connectivity index (χ2n) is 4.79. The van der Waals surface area contributed by atoms with Crippen LogP contribution in [0.2, 0.25) is 5.02 Å². The third-order valence-electron chi connectivity index (χ3n) is 3.73. The SMILES string of the molecule is COC1CCCn2c(-c3cccnc3)c(Cl)c(C#N)c21. The highest BCUT2D eigenvalue weighted by molar-refractivity contribution is 6.34. The molecule has 0 aromatic carbocycles. The van der Waals surface area contributed by atoms with Crippen molar-refractivity contribution in [2.24, 2.45) is 0 Å². The van der Waals surface area contributed by atoms with Crippen molar-refractivity contribution in [2.75, 3.05) is 7.11 Å². The summed E-state index contributed by atoms with van der Waals surface area (Å²) in [5.41, 5.74) is 3.22. The molecule has 0 fully saturated rings. The molecule has 0 aliphatic carbocycles. The minimum Gasteiger partial charge on any atom is -0.375 e. The summed E-state index contributed by atoms with van der Waals surface area (Å²) in [5, 5.41) is 9.93. The van der Waals surface area contributed by atoms with Crippen molar-refractivity contribution in [1.29, 1.82) is 5.26 Å². The number of nitrogens with zero attached hydrogens (tertiary/aromatic N) is 3. The van der Waals surface area contributed by atoms with Gasteiger partial charge in [-0.2, -0.15) is 5.26 Å². The molecule has 0 saturated heterocycles. The topological polar surface area (TPSA) is 50.8 Å². The number of hydrogen-bond donors (Lipinski definition) is 0. The lowest BCUT2D eigenvalue weighted by atomic mass is 10.0. The maximum absolute atomic E-state index is 9.43. The van der Waals surface area contributed by atoms with Gasteiger partial charge in [0.1, 0.15) is 6.07 Å². The molecule has 2 aromatic rings. The molecular formula is C15H14ClN3O. The monoisotopic (exact) mass is 287 g/mol. The molecule has 1 atom stereocenters. The molecule has 102 valence electrons. The minimum atomic E-state index is -0.0682. The van der Waals surface area contributed by atoms with Gasteiger partial charge >= 0.3 is 0 Å². The Balaban J connectivity index is 2.27. The molecule has 1 aliphatic heterocycles. The van der Waals surface area contributed by atoms with E-state index in [-0.39, 0.29) is 6.10 Å². The third-order valence-corrected chi connectivity index (χ3v) is 4.10. The van der Waals surface area contributed by atoms with Gasteiger partial charge < -0.3 is 9.30 Å². The number of nitriles is 1. The first-order valence-corrected chi connectivity index (χ1v) is 6.91. The van der Waals surface area contributed by atoms with Crippen LogP contribution in [0, 0.1) is 11.3 Å². The quantitative estimate of drug-likeness (QED) is 0.848. The van der Waals surface area contributed by atoms with Gasteiger partial charge in [-0.3, -0.25) is 4.98 Å². The summed E-state index contributed by atoms with van der Waals surface area (Å²) < 4.78 is 7.62. The summed E-state index contributed by atoms with van der Waals surface area (Å²) in [6, 6.07) is 6.05. The van der Waals surface area contributed by atoms with Crippen LogP contribution in [0.1, 0.15) is 30.2 Å². The molecule has 5 heteroatoms. The normalized spacial score (nSPS) is 17.6. The zero-order chi connectivity index (χ0) is 14.1. The number of methoxy groups -OCH3 is 1. The molecular weight excluding hydrogens is 274 g/mol. The molecule has 0 N–H and O–H groups in total. The van der Waals surface area contributed by atoms with Crippen molar-refractivity contribution in [2.45, 2.75) is 25.5 Å². The average molecular weight is 288 g/mol. The van der Waals surface area contributed by atoms with Gasteiger partial charge in [0.25, 0.3) is 0 Å². The van der Waals surface area contributed by atoms with Crippen LogP contribution >= 0.6 is 11.6 Å². The Bertz CT molecular complexity index is 673. The molecule has 0 saturated carbocycles. The maximum atomic E-state index is 9.43. The molecule has 2 aromatic heterocycles. The summed E-state index contributed by atoms with van der Waals surface area (Å²) in [6.45, 7) is 0.848. The zero-order valence-electron chi connectivity index (χ0n) is 11.1. The summed E-state index contributed by atoms with van der Waals surface area (Å²) in [5.74, 6) is 0. The van der Waals surface area contributed by atoms with Crippen molar-refractivity contribution in [3.8, 4) is 17.3 Å². The fourth-order valence-electron chi connectivity index (χ4n) is 2.86. The molecule has 0 amide bonds. The van der Waals surface area contributed by atoms with Crippen LogP contribution in [0.25, 0.3) is 11.3 Å². The van der Waals surface area contributed by atoms with E-state index in [1.807, 2.05) is 12.1 Å². The Labute approximate surface area is 122 Å². The van der Waals surface area contributed by atoms with Gasteiger partial charge in [0.05, 0.1) is 28.1 Å². The van der Waals surface area contributed by atoms with Gasteiger partial charge in [0, 0.05) is 31.6 Å². The lowest BCUT2D eigenvalue weighted by Crippen LogP contribution is -2.18. The second-order valence-corrected chi connectivity index (χ2v) is 5.17. The van der Waals surface area contributed by atoms with Crippen molar-refractivity contribution < 1.29 is 4.74 Å². The first-order chi connectivity index (χ1) is 9.77. The zero-order valence-corrected chi connectivity index (χ0v) is 11.9. The average Bonchev–Trinajstić information content (AvgIpc) is 2.79. The molecule has 0 spiro atoms. The standard InChI is InChI=1S/C15H14ClN3O/c1-20-12-5-3-7-19-14(10-4-2-6-18-9-10)13(16)11(8-17)15(12)19/h2,4,6,9,12H,3,5,7H2,1H3. The smallest absolute Gasteiger partial charge is 0.103 e. The van der Waals surface area contributed by atoms with Gasteiger partial charge in [0.2, 0.25) is 0 Å². The van der Waals surface area contributed by atoms with Crippen molar-refractivity contribution in [1.82, 2.24) is 9.55 Å². The Morgan fingerprint density at radius 3 is 3.05 bits per heavy atom. The number of pyridine rings is 1. The third kappa shape index (κ3) is 1.91. The molecule has 1 aliphatic rings. The Morgan fingerprint density at radius 1 is 1.55 bits per heavy atom. The predicted molar refractivity (Wildman–Crippen MR) is 76.4 cm³/mol. The predicted octanol–water partition coefficient (Wildman–Crippen LogP) is 3.56. The highest BCUT2D eigenvalue weighted by Crippen LogP contribution is 2.42. The van der Waals surface area contributed by atoms with E-state index in [4.69, 9.17) is 16.3 Å². The summed E-state index contributed by atoms with van der Waals surface area (Å²) in [4.78, 5) is 4.14. The van der Waals surface area contributed by atoms with E-state index in [2.05, 4.69) is 15.6 Å². The van der Waals surface area contributed by atoms with E-state index in [9.17, 15) is 5.26 Å². The Hall–Kier alpha value is -1.83. The van der Waals surface area contributed by atoms with E-state index < -0.39 is 0 Å². The summed E-state index contributed by atoms with van der Waals surface area (Å²) in [6.07, 6.45) is 5.35. The first-order valence-electron chi connectivity index (χ1n) is 6.53. The minimum absolute atomic E-state index is 0.0682. The molecule has 4 nitrogen and oxygen atoms in total. The number of halogens is 1. The number of ether oxygens (including phenoxy) is 1. The van der Waals surface area contributed by atoms with E-state index in [0.717, 1.165) is 36.3 Å². The molecule has 1 unspecified atom stereocenters. The highest BCUT2D eigenvalue weighted by atomic mass is 35.5. The Kier molecular flexibility index (Phi) is 3.47. The number of fused-ring (bicyclic) bond motifs is 1. The van der Waals surface area contributed by atoms with E-state index in [1.165, 1.54) is 0 Å². The van der Waals surface area contributed by atoms with Crippen LogP contribution in [-0.2, 0) is 11.3 Å². The maximum Gasteiger partial charge on any atom is 0.103 e. The van der Waals surface area contributed by atoms with Crippen LogP contribution in [0.5, 0.6) is 0 Å². The van der Waals surface area contributed by atoms with Crippen LogP contribution in [-0.4, -0.2) is 16.7 Å². The largest absolute Gasteiger partial charge is 0.375 e. The van der Waals surface area contributed by atoms with Gasteiger partial charge in [-0.05, 0) is 25.0 Å². The van der Waals surface area contributed by atoms with Gasteiger partial charge in [-0.1, -0.05) is 11.6 Å². The van der Waals surface area contributed by atoms with E-state index >= 15 is 0 Å². The van der Waals surface area contributed by atoms with Crippen LogP contribution in [0.4, 0.5) is 0 Å². The number of hydrogen-bond acceptors (Lipinski definition) is 3. The summed E-state index contributed by atoms with van der Waals surface area (Å²) >= 11 is 6.45. The second kappa shape index (κ2) is 5.28. The van der Waals surface area contributed by atoms with E-state index in [0.29, 0.717) is 10.6 Å². The van der Waals surface area contributed by atoms with Crippen LogP contribution in [0.3, 0.4) is 0 Å². The molecule has 0 bridgehead atoms. The fraction of sp³-hybridized carbons (Fsp3) is 0.333. The van der Waals surface area contributed by atoms with Gasteiger partial charge in [-0.15, -0.1) is 0 Å². The van der Waals surface area contributed by atoms with Crippen molar-refractivity contribution in [3.63, 3.8) is 0 Å². The molecule has 0 radical (unpaired) electrons. The molecule has 20 heavy (non-hydrogen) atoms. The number of aromatic nitrogens is 2. The van der Waals surface area contributed by atoms with Crippen molar-refractivity contribution in [3.05, 3.63) is 40.8 Å². The van der Waals surface area contributed by atoms with Crippen LogP contribution < -0.4 is 0 Å². The Morgan fingerprint density at radius 2 is 2.40 bits per heavy atom. The lowest BCUT2D eigenvalue weighted by Gasteiger charge is -2.25. The van der Waals surface area contributed by atoms with E-state index in [1.54, 1.807) is 19.5 Å². The van der Waals surface area contributed by atoms with Gasteiger partial charge in [0.15, 0.2) is 0 Å². The fourth-order valence-corrected chi connectivity index (χ4v) is 3.21. The first kappa shape index (κ1) is 13.2. The molecule has 3 heterocycles. The van der Waals surface area contributed by atoms with Gasteiger partial charge in [-0.25, -0.2) is 0 Å².